The van der Waals surface area contributed by atoms with Crippen molar-refractivity contribution >= 4 is 25.6 Å². The number of carbonyl (C=O) groups excluding carboxylic acids is 1. The largest absolute Gasteiger partial charge is 0.352 e. The molecule has 0 unspecified atom stereocenters. The fourth-order valence-electron chi connectivity index (χ4n) is 1.92. The molecule has 104 valence electrons. The first-order chi connectivity index (χ1) is 8.86. The van der Waals surface area contributed by atoms with Gasteiger partial charge < -0.3 is 5.32 Å². The molecule has 0 radical (unpaired) electrons. The summed E-state index contributed by atoms with van der Waals surface area (Å²) in [5.74, 6) is 0.488. The molecule has 1 aromatic carbocycles. The Hall–Kier alpha value is -1.07. The summed E-state index contributed by atoms with van der Waals surface area (Å²) in [5, 5.41) is 2.80. The van der Waals surface area contributed by atoms with E-state index in [1.54, 1.807) is 13.0 Å². The van der Waals surface area contributed by atoms with Crippen LogP contribution in [0.5, 0.6) is 0 Å². The van der Waals surface area contributed by atoms with Gasteiger partial charge >= 0.3 is 0 Å². The number of aryl methyl sites for hydroxylation is 1. The van der Waals surface area contributed by atoms with Crippen LogP contribution in [0.1, 0.15) is 35.2 Å². The Morgan fingerprint density at radius 2 is 2.05 bits per heavy atom. The Balaban J connectivity index is 2.09. The average Bonchev–Trinajstić information content (AvgIpc) is 3.11. The van der Waals surface area contributed by atoms with Crippen LogP contribution in [0.4, 0.5) is 0 Å². The van der Waals surface area contributed by atoms with E-state index in [1.807, 2.05) is 0 Å². The maximum absolute atomic E-state index is 11.9. The number of hydrogen-bond donors (Lipinski definition) is 1. The first kappa shape index (κ1) is 14.3. The van der Waals surface area contributed by atoms with Crippen molar-refractivity contribution in [3.63, 3.8) is 0 Å². The minimum absolute atomic E-state index is 0.0403. The van der Waals surface area contributed by atoms with Crippen LogP contribution in [-0.4, -0.2) is 20.9 Å². The molecule has 0 atom stereocenters. The van der Waals surface area contributed by atoms with Gasteiger partial charge in [-0.25, -0.2) is 8.42 Å². The fraction of sp³-hybridized carbons (Fsp3) is 0.462. The SMILES string of the molecule is Cc1cc(C(=O)NCCC2CC2)cc(S(=O)(=O)Cl)c1. The second kappa shape index (κ2) is 5.51. The summed E-state index contributed by atoms with van der Waals surface area (Å²) in [7, 11) is 1.49. The van der Waals surface area contributed by atoms with Crippen molar-refractivity contribution in [1.29, 1.82) is 0 Å². The van der Waals surface area contributed by atoms with Crippen LogP contribution < -0.4 is 5.32 Å². The number of rotatable bonds is 5. The molecule has 1 aliphatic carbocycles. The highest BCUT2D eigenvalue weighted by Gasteiger charge is 2.21. The standard InChI is InChI=1S/C13H16ClNO3S/c1-9-6-11(8-12(7-9)19(14,17)18)13(16)15-5-4-10-2-3-10/h6-8,10H,2-5H2,1H3,(H,15,16). The van der Waals surface area contributed by atoms with Gasteiger partial charge in [0.2, 0.25) is 0 Å². The lowest BCUT2D eigenvalue weighted by Gasteiger charge is -2.07. The summed E-state index contributed by atoms with van der Waals surface area (Å²) in [4.78, 5) is 11.9. The first-order valence-electron chi connectivity index (χ1n) is 6.21. The molecular weight excluding hydrogens is 286 g/mol. The van der Waals surface area contributed by atoms with E-state index in [9.17, 15) is 13.2 Å². The second-order valence-electron chi connectivity index (χ2n) is 4.96. The van der Waals surface area contributed by atoms with Crippen LogP contribution in [0.3, 0.4) is 0 Å². The van der Waals surface area contributed by atoms with Gasteiger partial charge in [-0.1, -0.05) is 12.8 Å². The monoisotopic (exact) mass is 301 g/mol. The van der Waals surface area contributed by atoms with E-state index < -0.39 is 9.05 Å². The van der Waals surface area contributed by atoms with Crippen molar-refractivity contribution < 1.29 is 13.2 Å². The van der Waals surface area contributed by atoms with E-state index in [0.29, 0.717) is 17.7 Å². The van der Waals surface area contributed by atoms with Gasteiger partial charge in [0.25, 0.3) is 15.0 Å². The average molecular weight is 302 g/mol. The Morgan fingerprint density at radius 3 is 2.63 bits per heavy atom. The van der Waals surface area contributed by atoms with Crippen molar-refractivity contribution in [2.75, 3.05) is 6.54 Å². The molecular formula is C13H16ClNO3S. The highest BCUT2D eigenvalue weighted by Crippen LogP contribution is 2.31. The molecule has 0 saturated heterocycles. The minimum Gasteiger partial charge on any atom is -0.352 e. The molecule has 4 nitrogen and oxygen atoms in total. The highest BCUT2D eigenvalue weighted by molar-refractivity contribution is 8.13. The molecule has 0 bridgehead atoms. The Kier molecular flexibility index (Phi) is 4.16. The smallest absolute Gasteiger partial charge is 0.261 e. The van der Waals surface area contributed by atoms with Crippen molar-refractivity contribution in [3.05, 3.63) is 29.3 Å². The van der Waals surface area contributed by atoms with Crippen LogP contribution >= 0.6 is 10.7 Å². The molecule has 1 fully saturated rings. The molecule has 1 N–H and O–H groups in total. The van der Waals surface area contributed by atoms with Gasteiger partial charge in [0.1, 0.15) is 0 Å². The molecule has 1 saturated carbocycles. The topological polar surface area (TPSA) is 63.2 Å². The molecule has 1 amide bonds. The summed E-state index contributed by atoms with van der Waals surface area (Å²) in [6.07, 6.45) is 3.47. The van der Waals surface area contributed by atoms with Gasteiger partial charge in [0.15, 0.2) is 0 Å². The molecule has 0 spiro atoms. The molecule has 0 aromatic heterocycles. The van der Waals surface area contributed by atoms with E-state index in [-0.39, 0.29) is 10.8 Å². The quantitative estimate of drug-likeness (QED) is 0.850. The van der Waals surface area contributed by atoms with Gasteiger partial charge in [-0.05, 0) is 43.0 Å². The Labute approximate surface area is 117 Å². The maximum Gasteiger partial charge on any atom is 0.261 e. The van der Waals surface area contributed by atoms with Crippen LogP contribution in [0.25, 0.3) is 0 Å². The maximum atomic E-state index is 11.9. The number of carbonyl (C=O) groups is 1. The predicted molar refractivity (Wildman–Crippen MR) is 73.9 cm³/mol. The molecule has 0 aliphatic heterocycles. The number of hydrogen-bond acceptors (Lipinski definition) is 3. The number of benzene rings is 1. The second-order valence-corrected chi connectivity index (χ2v) is 7.53. The van der Waals surface area contributed by atoms with Gasteiger partial charge in [0, 0.05) is 22.8 Å². The van der Waals surface area contributed by atoms with Crippen molar-refractivity contribution in [2.24, 2.45) is 5.92 Å². The van der Waals surface area contributed by atoms with Gasteiger partial charge in [-0.15, -0.1) is 0 Å². The third-order valence-electron chi connectivity index (χ3n) is 3.13. The van der Waals surface area contributed by atoms with E-state index in [4.69, 9.17) is 10.7 Å². The van der Waals surface area contributed by atoms with E-state index >= 15 is 0 Å². The van der Waals surface area contributed by atoms with Gasteiger partial charge in [-0.2, -0.15) is 0 Å². The summed E-state index contributed by atoms with van der Waals surface area (Å²) in [6.45, 7) is 2.35. The first-order valence-corrected chi connectivity index (χ1v) is 8.52. The van der Waals surface area contributed by atoms with Crippen molar-refractivity contribution in [1.82, 2.24) is 5.32 Å². The fourth-order valence-corrected chi connectivity index (χ4v) is 2.78. The summed E-state index contributed by atoms with van der Waals surface area (Å²) >= 11 is 0. The Morgan fingerprint density at radius 1 is 1.37 bits per heavy atom. The lowest BCUT2D eigenvalue weighted by Crippen LogP contribution is -2.25. The molecule has 1 aliphatic rings. The van der Waals surface area contributed by atoms with Crippen molar-refractivity contribution in [3.8, 4) is 0 Å². The zero-order valence-electron chi connectivity index (χ0n) is 10.6. The molecule has 6 heteroatoms. The normalized spacial score (nSPS) is 15.3. The molecule has 0 heterocycles. The van der Waals surface area contributed by atoms with E-state index in [2.05, 4.69) is 5.32 Å². The zero-order valence-corrected chi connectivity index (χ0v) is 12.2. The summed E-state index contributed by atoms with van der Waals surface area (Å²) in [5.41, 5.74) is 1.02. The third-order valence-corrected chi connectivity index (χ3v) is 4.46. The molecule has 19 heavy (non-hydrogen) atoms. The van der Waals surface area contributed by atoms with Crippen LogP contribution in [0.15, 0.2) is 23.1 Å². The number of amides is 1. The third kappa shape index (κ3) is 4.21. The summed E-state index contributed by atoms with van der Waals surface area (Å²) in [6, 6.07) is 4.41. The van der Waals surface area contributed by atoms with E-state index in [0.717, 1.165) is 12.3 Å². The predicted octanol–water partition coefficient (Wildman–Crippen LogP) is 2.45. The van der Waals surface area contributed by atoms with Crippen molar-refractivity contribution in [2.45, 2.75) is 31.1 Å². The van der Waals surface area contributed by atoms with Crippen LogP contribution in [0, 0.1) is 12.8 Å². The van der Waals surface area contributed by atoms with E-state index in [1.165, 1.54) is 25.0 Å². The highest BCUT2D eigenvalue weighted by atomic mass is 35.7. The molecule has 2 rings (SSSR count). The lowest BCUT2D eigenvalue weighted by atomic mass is 10.1. The lowest BCUT2D eigenvalue weighted by molar-refractivity contribution is 0.0952. The van der Waals surface area contributed by atoms with Crippen LogP contribution in [-0.2, 0) is 9.05 Å². The van der Waals surface area contributed by atoms with Crippen LogP contribution in [0.2, 0.25) is 0 Å². The molecule has 1 aromatic rings. The summed E-state index contributed by atoms with van der Waals surface area (Å²) < 4.78 is 22.6. The number of nitrogens with one attached hydrogen (secondary N) is 1. The zero-order chi connectivity index (χ0) is 14.0. The van der Waals surface area contributed by atoms with Gasteiger partial charge in [0.05, 0.1) is 4.90 Å². The van der Waals surface area contributed by atoms with Gasteiger partial charge in [-0.3, -0.25) is 4.79 Å². The Bertz CT molecular complexity index is 594. The minimum atomic E-state index is -3.81. The number of halogens is 1.